The Kier molecular flexibility index (Phi) is 4.07. The van der Waals surface area contributed by atoms with Crippen molar-refractivity contribution in [1.29, 1.82) is 0 Å². The second-order valence-corrected chi connectivity index (χ2v) is 4.01. The Morgan fingerprint density at radius 3 is 2.64 bits per heavy atom. The summed E-state index contributed by atoms with van der Waals surface area (Å²) in [6, 6.07) is 0. The van der Waals surface area contributed by atoms with E-state index in [1.54, 1.807) is 0 Å². The van der Waals surface area contributed by atoms with Crippen molar-refractivity contribution in [1.82, 2.24) is 15.0 Å². The number of hydrogen-bond acceptors (Lipinski definition) is 3. The molecule has 0 atom stereocenters. The summed E-state index contributed by atoms with van der Waals surface area (Å²) in [6.45, 7) is 7.97. The van der Waals surface area contributed by atoms with Gasteiger partial charge >= 0.3 is 0 Å². The van der Waals surface area contributed by atoms with Crippen LogP contribution < -0.4 is 5.73 Å². The molecule has 0 aromatic carbocycles. The van der Waals surface area contributed by atoms with Gasteiger partial charge in [-0.2, -0.15) is 0 Å². The van der Waals surface area contributed by atoms with Crippen molar-refractivity contribution in [2.24, 2.45) is 11.7 Å². The van der Waals surface area contributed by atoms with Crippen molar-refractivity contribution in [3.8, 4) is 0 Å². The van der Waals surface area contributed by atoms with E-state index in [9.17, 15) is 0 Å². The summed E-state index contributed by atoms with van der Waals surface area (Å²) in [7, 11) is 0. The van der Waals surface area contributed by atoms with E-state index in [0.717, 1.165) is 25.1 Å². The summed E-state index contributed by atoms with van der Waals surface area (Å²) in [5, 5.41) is 8.21. The Morgan fingerprint density at radius 1 is 1.43 bits per heavy atom. The number of aromatic nitrogens is 3. The van der Waals surface area contributed by atoms with Crippen molar-refractivity contribution in [3.05, 3.63) is 11.4 Å². The predicted molar refractivity (Wildman–Crippen MR) is 56.7 cm³/mol. The molecule has 1 aromatic rings. The first-order chi connectivity index (χ1) is 6.69. The molecule has 0 aliphatic carbocycles. The lowest BCUT2D eigenvalue weighted by Gasteiger charge is -2.08. The topological polar surface area (TPSA) is 56.7 Å². The Hall–Kier alpha value is -0.900. The molecule has 0 aliphatic heterocycles. The zero-order chi connectivity index (χ0) is 10.6. The van der Waals surface area contributed by atoms with Crippen LogP contribution in [0.3, 0.4) is 0 Å². The zero-order valence-electron chi connectivity index (χ0n) is 9.32. The fourth-order valence-electron chi connectivity index (χ4n) is 1.53. The molecular formula is C10H20N4. The number of nitrogens with zero attached hydrogens (tertiary/aromatic N) is 3. The molecule has 4 nitrogen and oxygen atoms in total. The number of rotatable bonds is 5. The molecule has 0 radical (unpaired) electrons. The molecule has 0 saturated heterocycles. The third kappa shape index (κ3) is 2.54. The average Bonchev–Trinajstić information content (AvgIpc) is 2.48. The summed E-state index contributed by atoms with van der Waals surface area (Å²) >= 11 is 0. The van der Waals surface area contributed by atoms with Crippen LogP contribution in [0.25, 0.3) is 0 Å². The summed E-state index contributed by atoms with van der Waals surface area (Å²) in [4.78, 5) is 0. The molecule has 1 rings (SSSR count). The molecular weight excluding hydrogens is 176 g/mol. The average molecular weight is 196 g/mol. The van der Waals surface area contributed by atoms with Gasteiger partial charge in [0.1, 0.15) is 0 Å². The van der Waals surface area contributed by atoms with Gasteiger partial charge in [-0.3, -0.25) is 0 Å². The maximum Gasteiger partial charge on any atom is 0.0994 e. The van der Waals surface area contributed by atoms with Crippen LogP contribution in [0, 0.1) is 5.92 Å². The maximum atomic E-state index is 5.62. The SMILES string of the molecule is CCCn1nnc(CN)c1CC(C)C. The molecule has 0 aliphatic rings. The lowest BCUT2D eigenvalue weighted by molar-refractivity contribution is 0.525. The molecule has 0 unspecified atom stereocenters. The molecule has 0 fully saturated rings. The number of aryl methyl sites for hydroxylation is 1. The standard InChI is InChI=1S/C10H20N4/c1-4-5-14-10(6-8(2)3)9(7-11)12-13-14/h8H,4-7,11H2,1-3H3. The Morgan fingerprint density at radius 2 is 2.14 bits per heavy atom. The van der Waals surface area contributed by atoms with E-state index in [-0.39, 0.29) is 0 Å². The minimum atomic E-state index is 0.492. The van der Waals surface area contributed by atoms with Crippen LogP contribution in [0.2, 0.25) is 0 Å². The molecule has 0 amide bonds. The molecule has 1 heterocycles. The van der Waals surface area contributed by atoms with Gasteiger partial charge in [0, 0.05) is 13.1 Å². The van der Waals surface area contributed by atoms with Crippen LogP contribution in [-0.4, -0.2) is 15.0 Å². The molecule has 4 heteroatoms. The molecule has 14 heavy (non-hydrogen) atoms. The number of hydrogen-bond donors (Lipinski definition) is 1. The summed E-state index contributed by atoms with van der Waals surface area (Å²) in [6.07, 6.45) is 2.10. The second kappa shape index (κ2) is 5.10. The minimum Gasteiger partial charge on any atom is -0.325 e. The highest BCUT2D eigenvalue weighted by molar-refractivity contribution is 5.10. The minimum absolute atomic E-state index is 0.492. The summed E-state index contributed by atoms with van der Waals surface area (Å²) in [5.41, 5.74) is 7.78. The molecule has 80 valence electrons. The fraction of sp³-hybridized carbons (Fsp3) is 0.800. The first kappa shape index (κ1) is 11.2. The smallest absolute Gasteiger partial charge is 0.0994 e. The quantitative estimate of drug-likeness (QED) is 0.773. The Bertz CT molecular complexity index is 278. The van der Waals surface area contributed by atoms with Gasteiger partial charge in [0.15, 0.2) is 0 Å². The maximum absolute atomic E-state index is 5.62. The van der Waals surface area contributed by atoms with E-state index in [0.29, 0.717) is 12.5 Å². The van der Waals surface area contributed by atoms with Gasteiger partial charge < -0.3 is 5.73 Å². The van der Waals surface area contributed by atoms with Crippen LogP contribution in [0.15, 0.2) is 0 Å². The van der Waals surface area contributed by atoms with E-state index in [1.807, 2.05) is 4.68 Å². The van der Waals surface area contributed by atoms with Gasteiger partial charge in [-0.05, 0) is 18.8 Å². The third-order valence-electron chi connectivity index (χ3n) is 2.15. The lowest BCUT2D eigenvalue weighted by Crippen LogP contribution is -2.10. The van der Waals surface area contributed by atoms with E-state index in [4.69, 9.17) is 5.73 Å². The van der Waals surface area contributed by atoms with Crippen LogP contribution in [-0.2, 0) is 19.5 Å². The lowest BCUT2D eigenvalue weighted by atomic mass is 10.1. The van der Waals surface area contributed by atoms with E-state index >= 15 is 0 Å². The fourth-order valence-corrected chi connectivity index (χ4v) is 1.53. The van der Waals surface area contributed by atoms with E-state index < -0.39 is 0 Å². The number of nitrogens with two attached hydrogens (primary N) is 1. The van der Waals surface area contributed by atoms with Crippen molar-refractivity contribution in [2.45, 2.75) is 46.7 Å². The van der Waals surface area contributed by atoms with Crippen LogP contribution in [0.5, 0.6) is 0 Å². The second-order valence-electron chi connectivity index (χ2n) is 4.01. The van der Waals surface area contributed by atoms with Crippen LogP contribution in [0.4, 0.5) is 0 Å². The van der Waals surface area contributed by atoms with E-state index in [2.05, 4.69) is 31.1 Å². The van der Waals surface area contributed by atoms with Gasteiger partial charge in [0.05, 0.1) is 11.4 Å². The van der Waals surface area contributed by atoms with Crippen LogP contribution in [0.1, 0.15) is 38.6 Å². The molecule has 0 bridgehead atoms. The highest BCUT2D eigenvalue weighted by Gasteiger charge is 2.11. The van der Waals surface area contributed by atoms with Crippen molar-refractivity contribution < 1.29 is 0 Å². The van der Waals surface area contributed by atoms with Crippen molar-refractivity contribution >= 4 is 0 Å². The summed E-state index contributed by atoms with van der Waals surface area (Å²) in [5.74, 6) is 0.620. The first-order valence-corrected chi connectivity index (χ1v) is 5.30. The van der Waals surface area contributed by atoms with Gasteiger partial charge in [0.2, 0.25) is 0 Å². The highest BCUT2D eigenvalue weighted by Crippen LogP contribution is 2.11. The van der Waals surface area contributed by atoms with Crippen molar-refractivity contribution in [2.75, 3.05) is 0 Å². The molecule has 0 saturated carbocycles. The largest absolute Gasteiger partial charge is 0.325 e. The Balaban J connectivity index is 2.87. The third-order valence-corrected chi connectivity index (χ3v) is 2.15. The van der Waals surface area contributed by atoms with Gasteiger partial charge in [-0.1, -0.05) is 26.0 Å². The van der Waals surface area contributed by atoms with E-state index in [1.165, 1.54) is 5.69 Å². The molecule has 1 aromatic heterocycles. The van der Waals surface area contributed by atoms with Crippen molar-refractivity contribution in [3.63, 3.8) is 0 Å². The summed E-state index contributed by atoms with van der Waals surface area (Å²) < 4.78 is 1.99. The zero-order valence-corrected chi connectivity index (χ0v) is 9.32. The predicted octanol–water partition coefficient (Wildman–Crippen LogP) is 1.35. The van der Waals surface area contributed by atoms with Crippen LogP contribution >= 0.6 is 0 Å². The van der Waals surface area contributed by atoms with Gasteiger partial charge in [-0.25, -0.2) is 4.68 Å². The monoisotopic (exact) mass is 196 g/mol. The first-order valence-electron chi connectivity index (χ1n) is 5.30. The van der Waals surface area contributed by atoms with Gasteiger partial charge in [-0.15, -0.1) is 5.10 Å². The molecule has 2 N–H and O–H groups in total. The molecule has 0 spiro atoms. The Labute approximate surface area is 85.5 Å². The highest BCUT2D eigenvalue weighted by atomic mass is 15.4. The normalized spacial score (nSPS) is 11.2. The van der Waals surface area contributed by atoms with Gasteiger partial charge in [0.25, 0.3) is 0 Å².